The summed E-state index contributed by atoms with van der Waals surface area (Å²) in [4.78, 5) is 11.1. The Bertz CT molecular complexity index is 272. The maximum absolute atomic E-state index is 11.1. The summed E-state index contributed by atoms with van der Waals surface area (Å²) in [7, 11) is 0. The van der Waals surface area contributed by atoms with Crippen molar-refractivity contribution < 1.29 is 37.5 Å². The number of carbonyl (C=O) groups excluding carboxylic acids is 1. The maximum atomic E-state index is 11.1. The molecule has 0 saturated heterocycles. The number of benzene rings is 1. The van der Waals surface area contributed by atoms with E-state index in [1.165, 1.54) is 0 Å². The van der Waals surface area contributed by atoms with E-state index in [4.69, 9.17) is 0 Å². The number of ketones is 1. The Kier molecular flexibility index (Phi) is 7.67. The third-order valence-corrected chi connectivity index (χ3v) is 1.83. The average molecular weight is 252 g/mol. The van der Waals surface area contributed by atoms with E-state index < -0.39 is 0 Å². The number of rotatable bonds is 1. The van der Waals surface area contributed by atoms with Gasteiger partial charge in [0.15, 0.2) is 5.78 Å². The van der Waals surface area contributed by atoms with Crippen molar-refractivity contribution in [2.24, 2.45) is 0 Å². The van der Waals surface area contributed by atoms with Crippen molar-refractivity contribution in [2.75, 3.05) is 0 Å². The fourth-order valence-electron chi connectivity index (χ4n) is 1.37. The minimum absolute atomic E-state index is 0. The van der Waals surface area contributed by atoms with Gasteiger partial charge in [-0.25, -0.2) is 0 Å². The van der Waals surface area contributed by atoms with Gasteiger partial charge in [0.1, 0.15) is 0 Å². The first-order valence-electron chi connectivity index (χ1n) is 3.70. The third-order valence-electron chi connectivity index (χ3n) is 1.83. The predicted molar refractivity (Wildman–Crippen MR) is 52.3 cm³/mol. The van der Waals surface area contributed by atoms with Crippen LogP contribution in [-0.4, -0.2) is 5.78 Å². The van der Waals surface area contributed by atoms with E-state index in [0.717, 1.165) is 16.7 Å². The molecule has 1 radical (unpaired) electrons. The molecule has 1 aromatic carbocycles. The minimum atomic E-state index is 0. The normalized spacial score (nSPS) is 8.23. The Morgan fingerprint density at radius 2 is 1.54 bits per heavy atom. The summed E-state index contributed by atoms with van der Waals surface area (Å²) in [6, 6.07) is 5.89. The van der Waals surface area contributed by atoms with Gasteiger partial charge < -0.3 is 7.43 Å². The van der Waals surface area contributed by atoms with Crippen molar-refractivity contribution in [1.29, 1.82) is 0 Å². The van der Waals surface area contributed by atoms with Gasteiger partial charge in [-0.1, -0.05) is 18.2 Å². The first-order valence-corrected chi connectivity index (χ1v) is 3.70. The molecule has 0 fully saturated rings. The summed E-state index contributed by atoms with van der Waals surface area (Å²) in [6.07, 6.45) is 0. The fraction of sp³-hybridized carbons (Fsp3) is 0.273. The van der Waals surface area contributed by atoms with Crippen LogP contribution in [0.4, 0.5) is 0 Å². The topological polar surface area (TPSA) is 17.1 Å². The van der Waals surface area contributed by atoms with Crippen LogP contribution in [0.1, 0.15) is 28.4 Å². The zero-order chi connectivity index (χ0) is 8.43. The van der Waals surface area contributed by atoms with Crippen LogP contribution in [0, 0.1) is 21.3 Å². The second-order valence-corrected chi connectivity index (χ2v) is 2.82. The van der Waals surface area contributed by atoms with Crippen molar-refractivity contribution in [3.05, 3.63) is 42.3 Å². The zero-order valence-electron chi connectivity index (χ0n) is 8.72. The van der Waals surface area contributed by atoms with Crippen LogP contribution >= 0.6 is 0 Å². The van der Waals surface area contributed by atoms with Gasteiger partial charge in [0, 0.05) is 38.3 Å². The van der Waals surface area contributed by atoms with E-state index in [1.54, 1.807) is 6.92 Å². The van der Waals surface area contributed by atoms with Crippen molar-refractivity contribution >= 4 is 5.78 Å². The van der Waals surface area contributed by atoms with E-state index in [-0.39, 0.29) is 45.9 Å². The quantitative estimate of drug-likeness (QED) is 0.554. The fourth-order valence-corrected chi connectivity index (χ4v) is 1.37. The summed E-state index contributed by atoms with van der Waals surface area (Å²) >= 11 is 0. The number of hydrogen-bond acceptors (Lipinski definition) is 1. The van der Waals surface area contributed by atoms with Gasteiger partial charge in [0.05, 0.1) is 0 Å². The van der Waals surface area contributed by atoms with E-state index >= 15 is 0 Å². The molecule has 0 unspecified atom stereocenters. The first-order chi connectivity index (χ1) is 5.13. The van der Waals surface area contributed by atoms with Crippen molar-refractivity contribution in [3.63, 3.8) is 0 Å². The number of Topliss-reactive ketones (excluding diaryl/α,β-unsaturated/α-hetero) is 1. The van der Waals surface area contributed by atoms with Gasteiger partial charge in [-0.15, -0.1) is 0 Å². The third kappa shape index (κ3) is 3.70. The largest absolute Gasteiger partial charge is 0.358 e. The molecule has 1 nitrogen and oxygen atoms in total. The minimum Gasteiger partial charge on any atom is -0.358 e. The molecule has 0 spiro atoms. The van der Waals surface area contributed by atoms with E-state index in [1.807, 2.05) is 32.0 Å². The molecule has 2 heteroatoms. The van der Waals surface area contributed by atoms with Crippen LogP contribution in [0.3, 0.4) is 0 Å². The van der Waals surface area contributed by atoms with E-state index in [2.05, 4.69) is 0 Å². The average Bonchev–Trinajstić information content (AvgIpc) is 1.85. The molecule has 13 heavy (non-hydrogen) atoms. The Morgan fingerprint density at radius 3 is 1.77 bits per heavy atom. The molecule has 0 aliphatic rings. The Balaban J connectivity index is 0. The molecule has 0 aliphatic carbocycles. The summed E-state index contributed by atoms with van der Waals surface area (Å²) < 4.78 is 0. The smallest absolute Gasteiger partial charge is 0.160 e. The van der Waals surface area contributed by atoms with Crippen LogP contribution in [0.2, 0.25) is 0 Å². The van der Waals surface area contributed by atoms with E-state index in [9.17, 15) is 4.79 Å². The van der Waals surface area contributed by atoms with Crippen LogP contribution in [0.15, 0.2) is 18.2 Å². The van der Waals surface area contributed by atoms with Crippen LogP contribution in [0.25, 0.3) is 0 Å². The first kappa shape index (κ1) is 15.5. The van der Waals surface area contributed by atoms with Gasteiger partial charge in [-0.3, -0.25) is 4.79 Å². The number of aryl methyl sites for hydroxylation is 2. The van der Waals surface area contributed by atoms with Crippen molar-refractivity contribution in [3.8, 4) is 0 Å². The van der Waals surface area contributed by atoms with Crippen molar-refractivity contribution in [1.82, 2.24) is 0 Å². The molecular formula is C11H15OY-. The second kappa shape index (κ2) is 6.45. The van der Waals surface area contributed by atoms with Crippen molar-refractivity contribution in [2.45, 2.75) is 20.8 Å². The number of hydrogen-bond donors (Lipinski definition) is 0. The van der Waals surface area contributed by atoms with E-state index in [0.29, 0.717) is 0 Å². The SMILES string of the molecule is CC(=O)c1c(C)cccc1C.[CH3-].[Y]. The number of carbonyl (C=O) groups is 1. The Hall–Kier alpha value is -0.00610. The van der Waals surface area contributed by atoms with Crippen LogP contribution < -0.4 is 0 Å². The summed E-state index contributed by atoms with van der Waals surface area (Å²) in [5, 5.41) is 0. The summed E-state index contributed by atoms with van der Waals surface area (Å²) in [5.41, 5.74) is 3.00. The Labute approximate surface area is 106 Å². The molecule has 1 aromatic rings. The molecule has 0 atom stereocenters. The van der Waals surface area contributed by atoms with Crippen LogP contribution in [-0.2, 0) is 32.7 Å². The molecule has 1 rings (SSSR count). The Morgan fingerprint density at radius 1 is 1.15 bits per heavy atom. The molecule has 0 bridgehead atoms. The standard InChI is InChI=1S/C10H12O.CH3.Y/c1-7-5-4-6-8(2)10(7)9(3)11;;/h4-6H,1-3H3;1H3;/q;-1;. The second-order valence-electron chi connectivity index (χ2n) is 2.82. The summed E-state index contributed by atoms with van der Waals surface area (Å²) in [6.45, 7) is 5.53. The predicted octanol–water partition coefficient (Wildman–Crippen LogP) is 2.95. The maximum Gasteiger partial charge on any atom is 0.160 e. The van der Waals surface area contributed by atoms with Gasteiger partial charge in [-0.05, 0) is 31.9 Å². The summed E-state index contributed by atoms with van der Waals surface area (Å²) in [5.74, 6) is 0.153. The monoisotopic (exact) mass is 252 g/mol. The molecule has 0 N–H and O–H groups in total. The molecule has 0 aliphatic heterocycles. The van der Waals surface area contributed by atoms with Crippen LogP contribution in [0.5, 0.6) is 0 Å². The molecule has 0 heterocycles. The molecule has 0 amide bonds. The zero-order valence-corrected chi connectivity index (χ0v) is 11.6. The van der Waals surface area contributed by atoms with Gasteiger partial charge in [-0.2, -0.15) is 0 Å². The molecule has 0 saturated carbocycles. The van der Waals surface area contributed by atoms with Gasteiger partial charge in [0.2, 0.25) is 0 Å². The molecule has 0 aromatic heterocycles. The van der Waals surface area contributed by atoms with Gasteiger partial charge >= 0.3 is 0 Å². The molecule has 69 valence electrons. The van der Waals surface area contributed by atoms with Gasteiger partial charge in [0.25, 0.3) is 0 Å². The molecular weight excluding hydrogens is 237 g/mol.